The first kappa shape index (κ1) is 14.2. The van der Waals surface area contributed by atoms with Gasteiger partial charge in [0.25, 0.3) is 0 Å². The number of hydrogen-bond acceptors (Lipinski definition) is 2. The van der Waals surface area contributed by atoms with Crippen LogP contribution in [0.1, 0.15) is 0 Å². The number of hydrogen-bond donors (Lipinski definition) is 0. The molecule has 0 unspecified atom stereocenters. The Morgan fingerprint density at radius 2 is 1.18 bits per heavy atom. The van der Waals surface area contributed by atoms with E-state index in [9.17, 15) is 26.3 Å². The van der Waals surface area contributed by atoms with E-state index in [1.807, 2.05) is 0 Å². The quantitative estimate of drug-likeness (QED) is 0.575. The van der Waals surface area contributed by atoms with Gasteiger partial charge in [0.2, 0.25) is 0 Å². The number of halogens is 7. The fraction of sp³-hybridized carbons (Fsp3) is 0.250. The zero-order valence-electron chi connectivity index (χ0n) is 7.69. The first-order valence-electron chi connectivity index (χ1n) is 3.88. The minimum atomic E-state index is -4.98. The lowest BCUT2D eigenvalue weighted by molar-refractivity contribution is -0.277. The second-order valence-electron chi connectivity index (χ2n) is 2.66. The van der Waals surface area contributed by atoms with Gasteiger partial charge in [-0.25, -0.2) is 0 Å². The molecule has 0 aliphatic carbocycles. The van der Waals surface area contributed by atoms with Gasteiger partial charge in [-0.3, -0.25) is 0 Å². The molecule has 0 aliphatic rings. The third-order valence-corrected chi connectivity index (χ3v) is 2.44. The maximum absolute atomic E-state index is 11.9. The van der Waals surface area contributed by atoms with Crippen LogP contribution in [0.2, 0.25) is 0 Å². The van der Waals surface area contributed by atoms with Crippen molar-refractivity contribution in [2.75, 3.05) is 0 Å². The van der Waals surface area contributed by atoms with Gasteiger partial charge >= 0.3 is 12.7 Å². The number of rotatable bonds is 2. The Bertz CT molecular complexity index is 366. The molecule has 1 aromatic rings. The molecule has 0 radical (unpaired) electrons. The van der Waals surface area contributed by atoms with Crippen LogP contribution in [0.5, 0.6) is 11.5 Å². The number of ether oxygens (including phenoxy) is 2. The van der Waals surface area contributed by atoms with Crippen LogP contribution in [0.15, 0.2) is 18.2 Å². The number of benzene rings is 1. The summed E-state index contributed by atoms with van der Waals surface area (Å²) in [5.41, 5.74) is 0. The Morgan fingerprint density at radius 3 is 1.47 bits per heavy atom. The van der Waals surface area contributed by atoms with Crippen molar-refractivity contribution in [3.8, 4) is 11.5 Å². The topological polar surface area (TPSA) is 18.5 Å². The first-order valence-corrected chi connectivity index (χ1v) is 4.96. The van der Waals surface area contributed by atoms with Crippen molar-refractivity contribution >= 4 is 22.6 Å². The molecule has 1 rings (SSSR count). The van der Waals surface area contributed by atoms with E-state index < -0.39 is 27.8 Å². The lowest BCUT2D eigenvalue weighted by atomic mass is 10.3. The van der Waals surface area contributed by atoms with Gasteiger partial charge in [0.05, 0.1) is 3.57 Å². The molecule has 96 valence electrons. The van der Waals surface area contributed by atoms with Crippen LogP contribution in [0.4, 0.5) is 26.3 Å². The summed E-state index contributed by atoms with van der Waals surface area (Å²) in [6, 6.07) is 2.74. The Labute approximate surface area is 105 Å². The van der Waals surface area contributed by atoms with Crippen molar-refractivity contribution in [3.63, 3.8) is 0 Å². The lowest BCUT2D eigenvalue weighted by Crippen LogP contribution is -2.20. The van der Waals surface area contributed by atoms with Gasteiger partial charge in [0.15, 0.2) is 0 Å². The summed E-state index contributed by atoms with van der Waals surface area (Å²) in [6.45, 7) is 0. The Morgan fingerprint density at radius 1 is 0.824 bits per heavy atom. The molecule has 17 heavy (non-hydrogen) atoms. The van der Waals surface area contributed by atoms with Gasteiger partial charge < -0.3 is 9.47 Å². The molecule has 2 nitrogen and oxygen atoms in total. The summed E-state index contributed by atoms with van der Waals surface area (Å²) in [6.07, 6.45) is -9.95. The fourth-order valence-electron chi connectivity index (χ4n) is 0.898. The van der Waals surface area contributed by atoms with Crippen LogP contribution >= 0.6 is 22.6 Å². The summed E-state index contributed by atoms with van der Waals surface area (Å²) in [7, 11) is 0. The monoisotopic (exact) mass is 372 g/mol. The van der Waals surface area contributed by atoms with Gasteiger partial charge in [0, 0.05) is 0 Å². The van der Waals surface area contributed by atoms with Crippen LogP contribution in [0.3, 0.4) is 0 Å². The Balaban J connectivity index is 3.00. The van der Waals surface area contributed by atoms with Crippen molar-refractivity contribution in [2.24, 2.45) is 0 Å². The standard InChI is InChI=1S/C8H3F6IO2/c9-7(10,11)16-4-2-1-3-5(6(4)15)17-8(12,13)14/h1-3H. The average molecular weight is 372 g/mol. The van der Waals surface area contributed by atoms with E-state index in [-0.39, 0.29) is 0 Å². The van der Waals surface area contributed by atoms with Crippen LogP contribution in [-0.2, 0) is 0 Å². The zero-order valence-corrected chi connectivity index (χ0v) is 9.85. The third-order valence-electron chi connectivity index (χ3n) is 1.38. The summed E-state index contributed by atoms with van der Waals surface area (Å²) in [5.74, 6) is -1.50. The molecule has 0 amide bonds. The molecule has 0 saturated heterocycles. The molecular formula is C8H3F6IO2. The van der Waals surface area contributed by atoms with Crippen molar-refractivity contribution in [3.05, 3.63) is 21.8 Å². The first-order chi connectivity index (χ1) is 7.58. The lowest BCUT2D eigenvalue weighted by Gasteiger charge is -2.14. The van der Waals surface area contributed by atoms with E-state index in [0.717, 1.165) is 18.2 Å². The molecule has 0 aliphatic heterocycles. The van der Waals surface area contributed by atoms with Crippen molar-refractivity contribution in [1.29, 1.82) is 0 Å². The highest BCUT2D eigenvalue weighted by atomic mass is 127. The van der Waals surface area contributed by atoms with Gasteiger partial charge in [0.1, 0.15) is 11.5 Å². The van der Waals surface area contributed by atoms with E-state index in [2.05, 4.69) is 9.47 Å². The second-order valence-corrected chi connectivity index (χ2v) is 3.74. The molecule has 0 fully saturated rings. The maximum atomic E-state index is 11.9. The molecule has 0 bridgehead atoms. The van der Waals surface area contributed by atoms with Crippen molar-refractivity contribution in [1.82, 2.24) is 0 Å². The van der Waals surface area contributed by atoms with Crippen LogP contribution in [0.25, 0.3) is 0 Å². The second kappa shape index (κ2) is 4.78. The van der Waals surface area contributed by atoms with Gasteiger partial charge in [-0.2, -0.15) is 0 Å². The maximum Gasteiger partial charge on any atom is 0.573 e. The molecule has 0 atom stereocenters. The summed E-state index contributed by atoms with van der Waals surface area (Å²) >= 11 is 1.27. The van der Waals surface area contributed by atoms with E-state index in [1.54, 1.807) is 0 Å². The predicted molar refractivity (Wildman–Crippen MR) is 52.5 cm³/mol. The fourth-order valence-corrected chi connectivity index (χ4v) is 1.48. The van der Waals surface area contributed by atoms with Crippen molar-refractivity contribution in [2.45, 2.75) is 12.7 Å². The van der Waals surface area contributed by atoms with Crippen LogP contribution in [-0.4, -0.2) is 12.7 Å². The van der Waals surface area contributed by atoms with Gasteiger partial charge in [-0.05, 0) is 34.7 Å². The summed E-state index contributed by atoms with van der Waals surface area (Å²) < 4.78 is 78.1. The van der Waals surface area contributed by atoms with Crippen LogP contribution < -0.4 is 9.47 Å². The largest absolute Gasteiger partial charge is 0.573 e. The summed E-state index contributed by atoms with van der Waals surface area (Å²) in [5, 5.41) is 0. The minimum absolute atomic E-state index is 0.417. The highest BCUT2D eigenvalue weighted by Crippen LogP contribution is 2.35. The zero-order chi connectivity index (χ0) is 13.3. The molecular weight excluding hydrogens is 369 g/mol. The van der Waals surface area contributed by atoms with E-state index in [1.165, 1.54) is 22.6 Å². The van der Waals surface area contributed by atoms with E-state index >= 15 is 0 Å². The Hall–Kier alpha value is -0.870. The molecule has 1 aromatic carbocycles. The number of alkyl halides is 6. The molecule has 0 saturated carbocycles. The van der Waals surface area contributed by atoms with Crippen molar-refractivity contribution < 1.29 is 35.8 Å². The highest BCUT2D eigenvalue weighted by molar-refractivity contribution is 14.1. The highest BCUT2D eigenvalue weighted by Gasteiger charge is 2.35. The molecule has 9 heteroatoms. The average Bonchev–Trinajstić information content (AvgIpc) is 2.07. The SMILES string of the molecule is FC(F)(F)Oc1cccc(OC(F)(F)F)c1I. The predicted octanol–water partition coefficient (Wildman–Crippen LogP) is 4.09. The molecule has 0 N–H and O–H groups in total. The molecule has 0 heterocycles. The van der Waals surface area contributed by atoms with Gasteiger partial charge in [-0.1, -0.05) is 6.07 Å². The summed E-state index contributed by atoms with van der Waals surface area (Å²) in [4.78, 5) is 0. The third kappa shape index (κ3) is 4.88. The van der Waals surface area contributed by atoms with E-state index in [4.69, 9.17) is 0 Å². The minimum Gasteiger partial charge on any atom is -0.405 e. The normalized spacial score (nSPS) is 12.4. The molecule has 0 aromatic heterocycles. The molecule has 0 spiro atoms. The van der Waals surface area contributed by atoms with E-state index in [0.29, 0.717) is 0 Å². The van der Waals surface area contributed by atoms with Gasteiger partial charge in [-0.15, -0.1) is 26.3 Å². The Kier molecular flexibility index (Phi) is 3.99. The van der Waals surface area contributed by atoms with Crippen LogP contribution in [0, 0.1) is 3.57 Å². The smallest absolute Gasteiger partial charge is 0.405 e.